The second-order valence-corrected chi connectivity index (χ2v) is 2.99. The number of rotatable bonds is 1. The molecule has 0 saturated carbocycles. The van der Waals surface area contributed by atoms with Gasteiger partial charge in [-0.2, -0.15) is 13.2 Å². The van der Waals surface area contributed by atoms with Crippen LogP contribution in [-0.2, 0) is 9.53 Å². The van der Waals surface area contributed by atoms with Crippen LogP contribution in [0.1, 0.15) is 0 Å². The number of alkyl halides is 3. The van der Waals surface area contributed by atoms with Gasteiger partial charge in [-0.15, -0.1) is 0 Å². The number of carbonyl (C=O) groups is 1. The van der Waals surface area contributed by atoms with E-state index in [2.05, 4.69) is 15.4 Å². The Labute approximate surface area is 78.8 Å². The normalized spacial score (nSPS) is 28.6. The Morgan fingerprint density at radius 2 is 2.07 bits per heavy atom. The first-order chi connectivity index (χ1) is 6.45. The van der Waals surface area contributed by atoms with E-state index in [4.69, 9.17) is 0 Å². The maximum absolute atomic E-state index is 12.2. The number of nitrogens with one attached hydrogen (secondary N) is 2. The molecule has 14 heavy (non-hydrogen) atoms. The minimum Gasteiger partial charge on any atom is -0.468 e. The summed E-state index contributed by atoms with van der Waals surface area (Å²) in [6, 6.07) is -2.62. The van der Waals surface area contributed by atoms with E-state index < -0.39 is 24.2 Å². The van der Waals surface area contributed by atoms with E-state index in [-0.39, 0.29) is 13.1 Å². The van der Waals surface area contributed by atoms with Crippen molar-refractivity contribution >= 4 is 5.97 Å². The van der Waals surface area contributed by atoms with E-state index in [1.165, 1.54) is 0 Å². The third kappa shape index (κ3) is 2.58. The van der Waals surface area contributed by atoms with Crippen molar-refractivity contribution in [2.75, 3.05) is 20.2 Å². The van der Waals surface area contributed by atoms with Crippen molar-refractivity contribution in [1.82, 2.24) is 10.6 Å². The lowest BCUT2D eigenvalue weighted by molar-refractivity contribution is -0.165. The van der Waals surface area contributed by atoms with Crippen LogP contribution in [0, 0.1) is 0 Å². The second-order valence-electron chi connectivity index (χ2n) is 2.99. The number of carbonyl (C=O) groups excluding carboxylic acids is 1. The topological polar surface area (TPSA) is 50.4 Å². The fourth-order valence-corrected chi connectivity index (χ4v) is 1.24. The number of piperazine rings is 1. The molecule has 0 aromatic heterocycles. The lowest BCUT2D eigenvalue weighted by atomic mass is 10.1. The smallest absolute Gasteiger partial charge is 0.405 e. The monoisotopic (exact) mass is 212 g/mol. The van der Waals surface area contributed by atoms with Gasteiger partial charge in [-0.3, -0.25) is 10.1 Å². The number of hydrogen-bond donors (Lipinski definition) is 2. The highest BCUT2D eigenvalue weighted by atomic mass is 19.4. The molecule has 0 amide bonds. The average molecular weight is 212 g/mol. The van der Waals surface area contributed by atoms with E-state index >= 15 is 0 Å². The van der Waals surface area contributed by atoms with Crippen molar-refractivity contribution in [3.8, 4) is 0 Å². The van der Waals surface area contributed by atoms with Crippen LogP contribution < -0.4 is 10.6 Å². The van der Waals surface area contributed by atoms with E-state index in [9.17, 15) is 18.0 Å². The molecular weight excluding hydrogens is 201 g/mol. The van der Waals surface area contributed by atoms with Gasteiger partial charge in [0.1, 0.15) is 12.1 Å². The van der Waals surface area contributed by atoms with E-state index in [0.717, 1.165) is 7.11 Å². The molecule has 82 valence electrons. The molecule has 1 fully saturated rings. The Kier molecular flexibility index (Phi) is 3.33. The van der Waals surface area contributed by atoms with Crippen molar-refractivity contribution in [2.45, 2.75) is 18.3 Å². The minimum absolute atomic E-state index is 0.152. The Balaban J connectivity index is 2.56. The highest BCUT2D eigenvalue weighted by Crippen LogP contribution is 2.21. The van der Waals surface area contributed by atoms with Gasteiger partial charge in [0.05, 0.1) is 7.11 Å². The average Bonchev–Trinajstić information content (AvgIpc) is 2.15. The molecule has 0 unspecified atom stereocenters. The number of halogens is 3. The maximum atomic E-state index is 12.2. The van der Waals surface area contributed by atoms with Gasteiger partial charge in [0, 0.05) is 13.1 Å². The summed E-state index contributed by atoms with van der Waals surface area (Å²) >= 11 is 0. The van der Waals surface area contributed by atoms with Gasteiger partial charge in [0.2, 0.25) is 0 Å². The molecule has 2 N–H and O–H groups in total. The zero-order chi connectivity index (χ0) is 10.8. The number of hydrogen-bond acceptors (Lipinski definition) is 4. The number of methoxy groups -OCH3 is 1. The lowest BCUT2D eigenvalue weighted by Gasteiger charge is -2.31. The van der Waals surface area contributed by atoms with Crippen LogP contribution in [0.2, 0.25) is 0 Å². The fraction of sp³-hybridized carbons (Fsp3) is 0.857. The summed E-state index contributed by atoms with van der Waals surface area (Å²) in [5.74, 6) is -0.688. The molecule has 0 aliphatic carbocycles. The van der Waals surface area contributed by atoms with Gasteiger partial charge < -0.3 is 10.1 Å². The Bertz CT molecular complexity index is 219. The first kappa shape index (κ1) is 11.3. The highest BCUT2D eigenvalue weighted by molar-refractivity contribution is 5.76. The molecule has 0 bridgehead atoms. The molecule has 2 atom stereocenters. The van der Waals surface area contributed by atoms with Gasteiger partial charge in [-0.25, -0.2) is 0 Å². The largest absolute Gasteiger partial charge is 0.468 e. The summed E-state index contributed by atoms with van der Waals surface area (Å²) in [5.41, 5.74) is 0. The highest BCUT2D eigenvalue weighted by Gasteiger charge is 2.43. The summed E-state index contributed by atoms with van der Waals surface area (Å²) < 4.78 is 41.0. The quantitative estimate of drug-likeness (QED) is 0.583. The lowest BCUT2D eigenvalue weighted by Crippen LogP contribution is -2.62. The molecule has 1 heterocycles. The van der Waals surface area contributed by atoms with Crippen molar-refractivity contribution in [2.24, 2.45) is 0 Å². The van der Waals surface area contributed by atoms with E-state index in [0.29, 0.717) is 0 Å². The maximum Gasteiger partial charge on any atom is 0.405 e. The van der Waals surface area contributed by atoms with Gasteiger partial charge in [0.25, 0.3) is 0 Å². The molecule has 1 saturated heterocycles. The van der Waals surface area contributed by atoms with Crippen LogP contribution in [0.3, 0.4) is 0 Å². The summed E-state index contributed by atoms with van der Waals surface area (Å²) in [6.07, 6.45) is -4.35. The zero-order valence-corrected chi connectivity index (χ0v) is 7.52. The first-order valence-corrected chi connectivity index (χ1v) is 4.06. The van der Waals surface area contributed by atoms with E-state index in [1.54, 1.807) is 0 Å². The zero-order valence-electron chi connectivity index (χ0n) is 7.52. The van der Waals surface area contributed by atoms with Gasteiger partial charge in [-0.1, -0.05) is 0 Å². The molecule has 0 spiro atoms. The summed E-state index contributed by atoms with van der Waals surface area (Å²) in [6.45, 7) is -0.0732. The standard InChI is InChI=1S/C7H11F3N2O2/c1-14-6(13)4-2-11-3-5(12-4)7(8,9)10/h4-5,11-12H,2-3H2,1H3/t4-,5+/m1/s1. The third-order valence-corrected chi connectivity index (χ3v) is 1.98. The molecule has 0 aromatic rings. The van der Waals surface area contributed by atoms with E-state index in [1.807, 2.05) is 0 Å². The number of ether oxygens (including phenoxy) is 1. The SMILES string of the molecule is COC(=O)[C@H]1CNC[C@@H](C(F)(F)F)N1. The van der Waals surface area contributed by atoms with Crippen LogP contribution in [0.15, 0.2) is 0 Å². The molecule has 1 aliphatic rings. The molecule has 4 nitrogen and oxygen atoms in total. The van der Waals surface area contributed by atoms with Crippen molar-refractivity contribution < 1.29 is 22.7 Å². The van der Waals surface area contributed by atoms with Crippen LogP contribution in [0.4, 0.5) is 13.2 Å². The molecule has 1 aliphatic heterocycles. The fourth-order valence-electron chi connectivity index (χ4n) is 1.24. The van der Waals surface area contributed by atoms with Gasteiger partial charge >= 0.3 is 12.1 Å². The van der Waals surface area contributed by atoms with Crippen molar-refractivity contribution in [1.29, 1.82) is 0 Å². The van der Waals surface area contributed by atoms with Gasteiger partial charge in [0.15, 0.2) is 0 Å². The minimum atomic E-state index is -4.35. The molecular formula is C7H11F3N2O2. The van der Waals surface area contributed by atoms with Crippen molar-refractivity contribution in [3.63, 3.8) is 0 Å². The summed E-state index contributed by atoms with van der Waals surface area (Å²) in [5, 5.41) is 4.71. The second kappa shape index (κ2) is 4.14. The Hall–Kier alpha value is -0.820. The van der Waals surface area contributed by atoms with Crippen LogP contribution in [-0.4, -0.2) is 44.4 Å². The first-order valence-electron chi connectivity index (χ1n) is 4.06. The molecule has 1 rings (SSSR count). The molecule has 7 heteroatoms. The predicted molar refractivity (Wildman–Crippen MR) is 41.7 cm³/mol. The van der Waals surface area contributed by atoms with Gasteiger partial charge in [-0.05, 0) is 0 Å². The summed E-state index contributed by atoms with van der Waals surface area (Å²) in [7, 11) is 1.14. The third-order valence-electron chi connectivity index (χ3n) is 1.98. The number of esters is 1. The molecule has 0 aromatic carbocycles. The Morgan fingerprint density at radius 1 is 1.43 bits per heavy atom. The van der Waals surface area contributed by atoms with Crippen LogP contribution in [0.5, 0.6) is 0 Å². The van der Waals surface area contributed by atoms with Crippen LogP contribution >= 0.6 is 0 Å². The molecule has 0 radical (unpaired) electrons. The summed E-state index contributed by atoms with van der Waals surface area (Å²) in [4.78, 5) is 10.9. The predicted octanol–water partition coefficient (Wildman–Crippen LogP) is -0.348. The van der Waals surface area contributed by atoms with Crippen molar-refractivity contribution in [3.05, 3.63) is 0 Å². The Morgan fingerprint density at radius 3 is 2.57 bits per heavy atom. The van der Waals surface area contributed by atoms with Crippen LogP contribution in [0.25, 0.3) is 0 Å².